The van der Waals surface area contributed by atoms with Crippen molar-refractivity contribution in [2.45, 2.75) is 19.0 Å². The van der Waals surface area contributed by atoms with Crippen molar-refractivity contribution in [2.75, 3.05) is 23.5 Å². The number of hydrogen-bond donors (Lipinski definition) is 3. The highest BCUT2D eigenvalue weighted by molar-refractivity contribution is 7.99. The van der Waals surface area contributed by atoms with Gasteiger partial charge in [-0.05, 0) is 37.6 Å². The van der Waals surface area contributed by atoms with Crippen molar-refractivity contribution in [2.24, 2.45) is 0 Å². The smallest absolute Gasteiger partial charge is 0.257 e. The Bertz CT molecular complexity index is 1090. The molecule has 1 heterocycles. The van der Waals surface area contributed by atoms with Gasteiger partial charge in [-0.25, -0.2) is 4.98 Å². The molecule has 0 radical (unpaired) electrons. The average molecular weight is 446 g/mol. The van der Waals surface area contributed by atoms with E-state index in [1.807, 2.05) is 6.92 Å². The minimum atomic E-state index is -0.386. The zero-order chi connectivity index (χ0) is 21.7. The Kier molecular flexibility index (Phi) is 6.96. The van der Waals surface area contributed by atoms with Gasteiger partial charge in [0.25, 0.3) is 5.91 Å². The SMILES string of the molecule is COc1cc(Cl)c(C)cc1NC(=O)c1ccccc1NC(=O)CSc1n[nH]c(C)n1. The third-order valence-electron chi connectivity index (χ3n) is 4.08. The van der Waals surface area contributed by atoms with Crippen LogP contribution in [0, 0.1) is 13.8 Å². The van der Waals surface area contributed by atoms with Crippen LogP contribution in [0.4, 0.5) is 11.4 Å². The zero-order valence-electron chi connectivity index (χ0n) is 16.6. The molecular formula is C20H20ClN5O3S. The number of carbonyl (C=O) groups excluding carboxylic acids is 2. The van der Waals surface area contributed by atoms with E-state index in [1.54, 1.807) is 43.3 Å². The molecule has 2 aromatic carbocycles. The zero-order valence-corrected chi connectivity index (χ0v) is 18.1. The van der Waals surface area contributed by atoms with Crippen LogP contribution in [0.3, 0.4) is 0 Å². The minimum absolute atomic E-state index is 0.109. The van der Waals surface area contributed by atoms with Gasteiger partial charge in [-0.2, -0.15) is 0 Å². The Labute approximate surface area is 182 Å². The molecule has 2 amide bonds. The van der Waals surface area contributed by atoms with Crippen LogP contribution in [0.2, 0.25) is 5.02 Å². The first-order valence-electron chi connectivity index (χ1n) is 8.93. The van der Waals surface area contributed by atoms with Crippen LogP contribution < -0.4 is 15.4 Å². The van der Waals surface area contributed by atoms with E-state index in [0.717, 1.165) is 5.56 Å². The maximum atomic E-state index is 12.9. The lowest BCUT2D eigenvalue weighted by molar-refractivity contribution is -0.113. The van der Waals surface area contributed by atoms with E-state index in [2.05, 4.69) is 25.8 Å². The van der Waals surface area contributed by atoms with Gasteiger partial charge in [-0.3, -0.25) is 14.7 Å². The summed E-state index contributed by atoms with van der Waals surface area (Å²) in [6.45, 7) is 3.61. The summed E-state index contributed by atoms with van der Waals surface area (Å²) < 4.78 is 5.30. The van der Waals surface area contributed by atoms with Gasteiger partial charge in [0.2, 0.25) is 11.1 Å². The molecule has 1 aromatic heterocycles. The highest BCUT2D eigenvalue weighted by atomic mass is 35.5. The lowest BCUT2D eigenvalue weighted by Gasteiger charge is -2.14. The third kappa shape index (κ3) is 5.31. The predicted octanol–water partition coefficient (Wildman–Crippen LogP) is 4.07. The lowest BCUT2D eigenvalue weighted by atomic mass is 10.1. The van der Waals surface area contributed by atoms with Crippen LogP contribution in [0.15, 0.2) is 41.6 Å². The molecule has 0 aliphatic rings. The van der Waals surface area contributed by atoms with E-state index < -0.39 is 0 Å². The first-order valence-corrected chi connectivity index (χ1v) is 10.3. The van der Waals surface area contributed by atoms with Crippen LogP contribution in [0.5, 0.6) is 5.75 Å². The molecule has 8 nitrogen and oxygen atoms in total. The number of benzene rings is 2. The molecule has 30 heavy (non-hydrogen) atoms. The molecule has 0 aliphatic heterocycles. The van der Waals surface area contributed by atoms with Gasteiger partial charge in [-0.1, -0.05) is 35.5 Å². The number of nitrogens with one attached hydrogen (secondary N) is 3. The summed E-state index contributed by atoms with van der Waals surface area (Å²) in [6.07, 6.45) is 0. The number of thioether (sulfide) groups is 1. The van der Waals surface area contributed by atoms with Crippen LogP contribution in [-0.4, -0.2) is 39.9 Å². The van der Waals surface area contributed by atoms with Gasteiger partial charge in [0.05, 0.1) is 29.8 Å². The molecule has 0 unspecified atom stereocenters. The summed E-state index contributed by atoms with van der Waals surface area (Å²) >= 11 is 7.32. The molecular weight excluding hydrogens is 426 g/mol. The Morgan fingerprint density at radius 1 is 1.17 bits per heavy atom. The van der Waals surface area contributed by atoms with Crippen molar-refractivity contribution in [3.63, 3.8) is 0 Å². The molecule has 0 fully saturated rings. The molecule has 0 atom stereocenters. The molecule has 0 bridgehead atoms. The fourth-order valence-corrected chi connectivity index (χ4v) is 3.41. The number of para-hydroxylation sites is 1. The first kappa shape index (κ1) is 21.7. The number of aromatic amines is 1. The number of rotatable bonds is 7. The summed E-state index contributed by atoms with van der Waals surface area (Å²) in [7, 11) is 1.50. The van der Waals surface area contributed by atoms with E-state index in [0.29, 0.717) is 38.7 Å². The molecule has 0 saturated carbocycles. The van der Waals surface area contributed by atoms with Gasteiger partial charge in [0.15, 0.2) is 0 Å². The number of H-pyrrole nitrogens is 1. The molecule has 156 valence electrons. The summed E-state index contributed by atoms with van der Waals surface area (Å²) in [5.41, 5.74) is 2.00. The summed E-state index contributed by atoms with van der Waals surface area (Å²) in [4.78, 5) is 29.4. The third-order valence-corrected chi connectivity index (χ3v) is 5.34. The normalized spacial score (nSPS) is 10.5. The quantitative estimate of drug-likeness (QED) is 0.473. The molecule has 0 saturated heterocycles. The van der Waals surface area contributed by atoms with E-state index in [4.69, 9.17) is 16.3 Å². The Morgan fingerprint density at radius 3 is 2.63 bits per heavy atom. The Balaban J connectivity index is 1.72. The predicted molar refractivity (Wildman–Crippen MR) is 118 cm³/mol. The fraction of sp³-hybridized carbons (Fsp3) is 0.200. The number of aromatic nitrogens is 3. The summed E-state index contributed by atoms with van der Waals surface area (Å²) in [5.74, 6) is 0.564. The standard InChI is InChI=1S/C20H20ClN5O3S/c1-11-8-16(17(29-3)9-14(11)21)24-19(28)13-6-4-5-7-15(13)23-18(27)10-30-20-22-12(2)25-26-20/h4-9H,10H2,1-3H3,(H,23,27)(H,24,28)(H,22,25,26). The Morgan fingerprint density at radius 2 is 1.93 bits per heavy atom. The monoisotopic (exact) mass is 445 g/mol. The van der Waals surface area contributed by atoms with E-state index in [1.165, 1.54) is 18.9 Å². The second-order valence-electron chi connectivity index (χ2n) is 6.34. The number of halogens is 1. The molecule has 0 aliphatic carbocycles. The maximum Gasteiger partial charge on any atom is 0.257 e. The second-order valence-corrected chi connectivity index (χ2v) is 7.69. The number of methoxy groups -OCH3 is 1. The lowest BCUT2D eigenvalue weighted by Crippen LogP contribution is -2.19. The molecule has 3 rings (SSSR count). The van der Waals surface area contributed by atoms with Gasteiger partial charge in [0, 0.05) is 11.1 Å². The molecule has 10 heteroatoms. The van der Waals surface area contributed by atoms with E-state index in [-0.39, 0.29) is 17.6 Å². The molecule has 3 aromatic rings. The van der Waals surface area contributed by atoms with E-state index in [9.17, 15) is 9.59 Å². The van der Waals surface area contributed by atoms with Crippen molar-refractivity contribution in [1.82, 2.24) is 15.2 Å². The highest BCUT2D eigenvalue weighted by Crippen LogP contribution is 2.31. The van der Waals surface area contributed by atoms with Crippen LogP contribution in [0.25, 0.3) is 0 Å². The second kappa shape index (κ2) is 9.64. The minimum Gasteiger partial charge on any atom is -0.495 e. The van der Waals surface area contributed by atoms with Crippen molar-refractivity contribution < 1.29 is 14.3 Å². The van der Waals surface area contributed by atoms with Crippen molar-refractivity contribution >= 4 is 46.6 Å². The maximum absolute atomic E-state index is 12.9. The average Bonchev–Trinajstić information content (AvgIpc) is 3.14. The first-order chi connectivity index (χ1) is 14.4. The number of hydrogen-bond acceptors (Lipinski definition) is 6. The fourth-order valence-electron chi connectivity index (χ4n) is 2.61. The van der Waals surface area contributed by atoms with Crippen LogP contribution in [0.1, 0.15) is 21.7 Å². The number of anilines is 2. The van der Waals surface area contributed by atoms with Crippen molar-refractivity contribution in [3.8, 4) is 5.75 Å². The highest BCUT2D eigenvalue weighted by Gasteiger charge is 2.16. The Hall–Kier alpha value is -3.04. The van der Waals surface area contributed by atoms with Crippen molar-refractivity contribution in [1.29, 1.82) is 0 Å². The van der Waals surface area contributed by atoms with Crippen LogP contribution in [-0.2, 0) is 4.79 Å². The van der Waals surface area contributed by atoms with Crippen molar-refractivity contribution in [3.05, 3.63) is 58.4 Å². The number of aryl methyl sites for hydroxylation is 2. The number of amides is 2. The van der Waals surface area contributed by atoms with Gasteiger partial charge >= 0.3 is 0 Å². The van der Waals surface area contributed by atoms with E-state index >= 15 is 0 Å². The van der Waals surface area contributed by atoms with Crippen LogP contribution >= 0.6 is 23.4 Å². The summed E-state index contributed by atoms with van der Waals surface area (Å²) in [6, 6.07) is 10.1. The van der Waals surface area contributed by atoms with Gasteiger partial charge < -0.3 is 15.4 Å². The number of ether oxygens (including phenoxy) is 1. The topological polar surface area (TPSA) is 109 Å². The largest absolute Gasteiger partial charge is 0.495 e. The number of carbonyl (C=O) groups is 2. The number of nitrogens with zero attached hydrogens (tertiary/aromatic N) is 2. The van der Waals surface area contributed by atoms with Gasteiger partial charge in [-0.15, -0.1) is 5.10 Å². The molecule has 0 spiro atoms. The molecule has 3 N–H and O–H groups in total. The van der Waals surface area contributed by atoms with Gasteiger partial charge in [0.1, 0.15) is 11.6 Å². The summed E-state index contributed by atoms with van der Waals surface area (Å²) in [5, 5.41) is 13.3.